The van der Waals surface area contributed by atoms with E-state index in [9.17, 15) is 4.79 Å². The van der Waals surface area contributed by atoms with Crippen LogP contribution in [0.25, 0.3) is 10.3 Å². The SMILES string of the molecule is O=C(C1CCN(c2nc3cccnc3s2)CC1)N1CCC(N2CCCCC2)CC1. The summed E-state index contributed by atoms with van der Waals surface area (Å²) in [4.78, 5) is 30.4. The van der Waals surface area contributed by atoms with Crippen LogP contribution in [0.5, 0.6) is 0 Å². The molecule has 2 aromatic rings. The molecule has 5 rings (SSSR count). The molecule has 0 radical (unpaired) electrons. The number of carbonyl (C=O) groups excluding carboxylic acids is 1. The van der Waals surface area contributed by atoms with Gasteiger partial charge in [-0.3, -0.25) is 4.79 Å². The Kier molecular flexibility index (Phi) is 5.68. The molecule has 0 atom stereocenters. The molecule has 29 heavy (non-hydrogen) atoms. The summed E-state index contributed by atoms with van der Waals surface area (Å²) in [6, 6.07) is 4.66. The molecule has 3 aliphatic rings. The van der Waals surface area contributed by atoms with Crippen molar-refractivity contribution in [2.45, 2.75) is 51.0 Å². The Bertz CT molecular complexity index is 800. The second kappa shape index (κ2) is 8.56. The molecule has 3 saturated heterocycles. The normalized spacial score (nSPS) is 23.0. The number of rotatable bonds is 3. The number of fused-ring (bicyclic) bond motifs is 1. The molecule has 3 fully saturated rings. The molecule has 0 spiro atoms. The summed E-state index contributed by atoms with van der Waals surface area (Å²) >= 11 is 1.66. The van der Waals surface area contributed by atoms with E-state index in [1.165, 1.54) is 32.4 Å². The zero-order valence-corrected chi connectivity index (χ0v) is 17.9. The lowest BCUT2D eigenvalue weighted by atomic mass is 9.93. The first-order valence-electron chi connectivity index (χ1n) is 11.3. The molecule has 0 aromatic carbocycles. The summed E-state index contributed by atoms with van der Waals surface area (Å²) in [5.74, 6) is 0.581. The molecule has 0 N–H and O–H groups in total. The molecular formula is C22H31N5OS. The molecule has 7 heteroatoms. The first-order valence-corrected chi connectivity index (χ1v) is 12.1. The average Bonchev–Trinajstić information content (AvgIpc) is 3.24. The van der Waals surface area contributed by atoms with Gasteiger partial charge in [-0.05, 0) is 63.7 Å². The molecule has 0 unspecified atom stereocenters. The van der Waals surface area contributed by atoms with E-state index in [1.807, 2.05) is 18.3 Å². The molecule has 5 heterocycles. The Balaban J connectivity index is 1.12. The van der Waals surface area contributed by atoms with Crippen LogP contribution in [0.4, 0.5) is 5.13 Å². The number of pyridine rings is 1. The maximum Gasteiger partial charge on any atom is 0.225 e. The molecule has 6 nitrogen and oxygen atoms in total. The van der Waals surface area contributed by atoms with Crippen molar-refractivity contribution in [3.8, 4) is 0 Å². The molecule has 0 aliphatic carbocycles. The van der Waals surface area contributed by atoms with Gasteiger partial charge in [-0.1, -0.05) is 17.8 Å². The Labute approximate surface area is 176 Å². The third-order valence-corrected chi connectivity index (χ3v) is 7.99. The van der Waals surface area contributed by atoms with Crippen LogP contribution in [0.1, 0.15) is 44.9 Å². The highest BCUT2D eigenvalue weighted by Gasteiger charge is 2.33. The standard InChI is InChI=1S/C22H31N5OS/c28-21(26-15-8-18(9-16-26)25-11-2-1-3-12-25)17-6-13-27(14-7-17)22-24-19-5-4-10-23-20(19)29-22/h4-5,10,17-18H,1-3,6-9,11-16H2. The van der Waals surface area contributed by atoms with Gasteiger partial charge in [-0.2, -0.15) is 0 Å². The van der Waals surface area contributed by atoms with Crippen molar-refractivity contribution in [3.05, 3.63) is 18.3 Å². The van der Waals surface area contributed by atoms with Crippen molar-refractivity contribution < 1.29 is 4.79 Å². The predicted molar refractivity (Wildman–Crippen MR) is 117 cm³/mol. The van der Waals surface area contributed by atoms with Crippen molar-refractivity contribution in [2.75, 3.05) is 44.2 Å². The van der Waals surface area contributed by atoms with Crippen LogP contribution in [-0.4, -0.2) is 71.0 Å². The summed E-state index contributed by atoms with van der Waals surface area (Å²) in [6.45, 7) is 6.26. The minimum Gasteiger partial charge on any atom is -0.348 e. The molecule has 3 aliphatic heterocycles. The van der Waals surface area contributed by atoms with Gasteiger partial charge >= 0.3 is 0 Å². The predicted octanol–water partition coefficient (Wildman–Crippen LogP) is 3.38. The summed E-state index contributed by atoms with van der Waals surface area (Å²) < 4.78 is 0. The van der Waals surface area contributed by atoms with Crippen molar-refractivity contribution >= 4 is 32.7 Å². The highest BCUT2D eigenvalue weighted by molar-refractivity contribution is 7.21. The maximum absolute atomic E-state index is 13.1. The van der Waals surface area contributed by atoms with E-state index in [2.05, 4.69) is 19.7 Å². The molecule has 156 valence electrons. The summed E-state index contributed by atoms with van der Waals surface area (Å²) in [5, 5.41) is 1.05. The van der Waals surface area contributed by atoms with Gasteiger partial charge in [-0.15, -0.1) is 0 Å². The first-order chi connectivity index (χ1) is 14.3. The van der Waals surface area contributed by atoms with Gasteiger partial charge < -0.3 is 14.7 Å². The lowest BCUT2D eigenvalue weighted by molar-refractivity contribution is -0.137. The molecular weight excluding hydrogens is 382 g/mol. The number of piperidine rings is 3. The summed E-state index contributed by atoms with van der Waals surface area (Å²) in [5.41, 5.74) is 0.974. The minimum atomic E-state index is 0.185. The second-order valence-electron chi connectivity index (χ2n) is 8.74. The number of anilines is 1. The van der Waals surface area contributed by atoms with E-state index in [1.54, 1.807) is 11.3 Å². The molecule has 0 bridgehead atoms. The van der Waals surface area contributed by atoms with Gasteiger partial charge in [0.2, 0.25) is 5.91 Å². The lowest BCUT2D eigenvalue weighted by Crippen LogP contribution is -2.50. The largest absolute Gasteiger partial charge is 0.348 e. The number of hydrogen-bond acceptors (Lipinski definition) is 6. The van der Waals surface area contributed by atoms with Crippen molar-refractivity contribution in [1.29, 1.82) is 0 Å². The Morgan fingerprint density at radius 1 is 0.966 bits per heavy atom. The number of carbonyl (C=O) groups is 1. The minimum absolute atomic E-state index is 0.185. The van der Waals surface area contributed by atoms with Crippen LogP contribution in [0, 0.1) is 5.92 Å². The van der Waals surface area contributed by atoms with Crippen molar-refractivity contribution in [3.63, 3.8) is 0 Å². The fourth-order valence-electron chi connectivity index (χ4n) is 5.20. The fraction of sp³-hybridized carbons (Fsp3) is 0.682. The van der Waals surface area contributed by atoms with E-state index in [0.717, 1.165) is 67.3 Å². The average molecular weight is 414 g/mol. The van der Waals surface area contributed by atoms with E-state index < -0.39 is 0 Å². The van der Waals surface area contributed by atoms with Crippen molar-refractivity contribution in [1.82, 2.24) is 19.8 Å². The lowest BCUT2D eigenvalue weighted by Gasteiger charge is -2.41. The van der Waals surface area contributed by atoms with Crippen LogP contribution in [0.15, 0.2) is 18.3 Å². The quantitative estimate of drug-likeness (QED) is 0.772. The summed E-state index contributed by atoms with van der Waals surface area (Å²) in [7, 11) is 0. The van der Waals surface area contributed by atoms with E-state index in [4.69, 9.17) is 4.98 Å². The van der Waals surface area contributed by atoms with Gasteiger partial charge in [0.05, 0.1) is 0 Å². The third kappa shape index (κ3) is 4.12. The number of likely N-dealkylation sites (tertiary alicyclic amines) is 2. The number of amides is 1. The second-order valence-corrected chi connectivity index (χ2v) is 9.69. The van der Waals surface area contributed by atoms with Crippen LogP contribution in [-0.2, 0) is 4.79 Å². The van der Waals surface area contributed by atoms with Gasteiger partial charge in [-0.25, -0.2) is 9.97 Å². The highest BCUT2D eigenvalue weighted by atomic mass is 32.1. The first kappa shape index (κ1) is 19.2. The molecule has 0 saturated carbocycles. The number of thiazole rings is 1. The molecule has 2 aromatic heterocycles. The van der Waals surface area contributed by atoms with Gasteiger partial charge in [0, 0.05) is 44.3 Å². The zero-order chi connectivity index (χ0) is 19.6. The number of nitrogens with zero attached hydrogens (tertiary/aromatic N) is 5. The van der Waals surface area contributed by atoms with E-state index >= 15 is 0 Å². The van der Waals surface area contributed by atoms with Gasteiger partial charge in [0.1, 0.15) is 10.3 Å². The fourth-order valence-corrected chi connectivity index (χ4v) is 6.16. The summed E-state index contributed by atoms with van der Waals surface area (Å²) in [6.07, 6.45) is 10.1. The topological polar surface area (TPSA) is 52.6 Å². The van der Waals surface area contributed by atoms with Crippen LogP contribution in [0.3, 0.4) is 0 Å². The zero-order valence-electron chi connectivity index (χ0n) is 17.1. The highest BCUT2D eigenvalue weighted by Crippen LogP contribution is 2.31. The van der Waals surface area contributed by atoms with Crippen LogP contribution < -0.4 is 4.90 Å². The van der Waals surface area contributed by atoms with Crippen LogP contribution >= 0.6 is 11.3 Å². The van der Waals surface area contributed by atoms with E-state index in [0.29, 0.717) is 11.9 Å². The monoisotopic (exact) mass is 413 g/mol. The van der Waals surface area contributed by atoms with Crippen molar-refractivity contribution in [2.24, 2.45) is 5.92 Å². The Morgan fingerprint density at radius 3 is 2.45 bits per heavy atom. The van der Waals surface area contributed by atoms with Gasteiger partial charge in [0.15, 0.2) is 5.13 Å². The third-order valence-electron chi connectivity index (χ3n) is 6.95. The molecule has 1 amide bonds. The Hall–Kier alpha value is -1.73. The maximum atomic E-state index is 13.1. The number of hydrogen-bond donors (Lipinski definition) is 0. The smallest absolute Gasteiger partial charge is 0.225 e. The number of aromatic nitrogens is 2. The Morgan fingerprint density at radius 2 is 1.72 bits per heavy atom. The van der Waals surface area contributed by atoms with Crippen LogP contribution in [0.2, 0.25) is 0 Å². The van der Waals surface area contributed by atoms with E-state index in [-0.39, 0.29) is 5.92 Å². The van der Waals surface area contributed by atoms with Gasteiger partial charge in [0.25, 0.3) is 0 Å².